The molecule has 3 aromatic rings. The normalized spacial score (nSPS) is 18.0. The maximum absolute atomic E-state index is 13.9. The summed E-state index contributed by atoms with van der Waals surface area (Å²) in [6, 6.07) is 2.73. The fourth-order valence-electron chi connectivity index (χ4n) is 6.83. The van der Waals surface area contributed by atoms with E-state index in [4.69, 9.17) is 9.84 Å². The molecule has 0 radical (unpaired) electrons. The van der Waals surface area contributed by atoms with Crippen molar-refractivity contribution in [2.75, 3.05) is 30.5 Å². The highest BCUT2D eigenvalue weighted by Gasteiger charge is 2.38. The summed E-state index contributed by atoms with van der Waals surface area (Å²) in [5.41, 5.74) is -4.14. The second-order valence-electron chi connectivity index (χ2n) is 15.1. The van der Waals surface area contributed by atoms with Crippen LogP contribution in [0.15, 0.2) is 42.6 Å². The Morgan fingerprint density at radius 1 is 0.867 bits per heavy atom. The van der Waals surface area contributed by atoms with E-state index < -0.39 is 87.0 Å². The topological polar surface area (TPSA) is 160 Å². The van der Waals surface area contributed by atoms with Crippen molar-refractivity contribution in [1.29, 1.82) is 0 Å². The van der Waals surface area contributed by atoms with Gasteiger partial charge in [-0.1, -0.05) is 13.0 Å². The van der Waals surface area contributed by atoms with Crippen molar-refractivity contribution in [2.45, 2.75) is 96.0 Å². The number of halogens is 9. The fraction of sp³-hybridized carbons (Fsp3) is 0.538. The summed E-state index contributed by atoms with van der Waals surface area (Å²) in [5.74, 6) is -3.54. The summed E-state index contributed by atoms with van der Waals surface area (Å²) in [4.78, 5) is 31.7. The van der Waals surface area contributed by atoms with Crippen LogP contribution in [0.3, 0.4) is 0 Å². The fourth-order valence-corrected chi connectivity index (χ4v) is 7.22. The number of aliphatic carboxylic acids is 1. The minimum Gasteiger partial charge on any atom is -0.489 e. The highest BCUT2D eigenvalue weighted by Crippen LogP contribution is 2.40. The molecule has 0 spiro atoms. The molecule has 0 aliphatic heterocycles. The first kappa shape index (κ1) is 48.0. The Bertz CT molecular complexity index is 2060. The van der Waals surface area contributed by atoms with Crippen LogP contribution in [0.4, 0.5) is 45.5 Å². The summed E-state index contributed by atoms with van der Waals surface area (Å²) in [6.45, 7) is 4.13. The van der Waals surface area contributed by atoms with E-state index in [1.165, 1.54) is 19.9 Å². The third-order valence-electron chi connectivity index (χ3n) is 10.3. The highest BCUT2D eigenvalue weighted by atomic mass is 32.2. The number of carboxylic acids is 1. The quantitative estimate of drug-likeness (QED) is 0.0975. The molecule has 332 valence electrons. The zero-order valence-electron chi connectivity index (χ0n) is 33.0. The Balaban J connectivity index is 1.56. The average molecular weight is 884 g/mol. The molecule has 11 nitrogen and oxygen atoms in total. The van der Waals surface area contributed by atoms with E-state index in [-0.39, 0.29) is 59.7 Å². The summed E-state index contributed by atoms with van der Waals surface area (Å²) in [7, 11) is -3.56. The SMILES string of the molecule is CC(NC(=O)CC1CCC(CNC(C)c2ccc(C(F)(F)F)cc2CNc2ncc(OCCS(C)(=O)=O)c([C@@H](C)c3cc(C(F)(F)F)cc(C(F)(F)F)c3)n2)CC1)C(=O)O. The Kier molecular flexibility index (Phi) is 15.5. The minimum absolute atomic E-state index is 0.0310. The van der Waals surface area contributed by atoms with Gasteiger partial charge in [0.25, 0.3) is 0 Å². The lowest BCUT2D eigenvalue weighted by Gasteiger charge is -2.30. The Morgan fingerprint density at radius 3 is 2.00 bits per heavy atom. The molecule has 2 aromatic carbocycles. The Hall–Kier alpha value is -4.66. The van der Waals surface area contributed by atoms with Crippen LogP contribution < -0.4 is 20.7 Å². The van der Waals surface area contributed by atoms with Crippen molar-refractivity contribution in [3.8, 4) is 5.75 Å². The summed E-state index contributed by atoms with van der Waals surface area (Å²) in [6.07, 6.45) is -9.88. The number of benzene rings is 2. The van der Waals surface area contributed by atoms with Crippen molar-refractivity contribution < 1.29 is 67.4 Å². The van der Waals surface area contributed by atoms with E-state index in [1.54, 1.807) is 6.92 Å². The number of carbonyl (C=O) groups excluding carboxylic acids is 1. The molecule has 2 unspecified atom stereocenters. The third kappa shape index (κ3) is 14.0. The number of carboxylic acid groups (broad SMARTS) is 1. The van der Waals surface area contributed by atoms with Crippen molar-refractivity contribution in [3.63, 3.8) is 0 Å². The van der Waals surface area contributed by atoms with Gasteiger partial charge in [0.05, 0.1) is 34.3 Å². The molecular weight excluding hydrogens is 838 g/mol. The maximum atomic E-state index is 13.9. The molecule has 1 heterocycles. The molecule has 60 heavy (non-hydrogen) atoms. The molecule has 4 N–H and O–H groups in total. The molecule has 1 aliphatic rings. The number of amides is 1. The zero-order valence-corrected chi connectivity index (χ0v) is 33.8. The molecule has 21 heteroatoms. The predicted octanol–water partition coefficient (Wildman–Crippen LogP) is 8.16. The number of nitrogens with one attached hydrogen (secondary N) is 3. The molecule has 1 saturated carbocycles. The van der Waals surface area contributed by atoms with Gasteiger partial charge in [-0.15, -0.1) is 0 Å². The minimum atomic E-state index is -5.15. The van der Waals surface area contributed by atoms with Crippen LogP contribution in [0.2, 0.25) is 0 Å². The molecule has 4 rings (SSSR count). The van der Waals surface area contributed by atoms with Crippen LogP contribution >= 0.6 is 0 Å². The van der Waals surface area contributed by atoms with Gasteiger partial charge < -0.3 is 25.8 Å². The molecule has 0 saturated heterocycles. The number of aromatic nitrogens is 2. The van der Waals surface area contributed by atoms with Gasteiger partial charge >= 0.3 is 24.5 Å². The number of sulfone groups is 1. The molecular formula is C39H46F9N5O6S. The van der Waals surface area contributed by atoms with Crippen LogP contribution in [-0.4, -0.2) is 66.6 Å². The van der Waals surface area contributed by atoms with Crippen LogP contribution in [0.5, 0.6) is 5.75 Å². The largest absolute Gasteiger partial charge is 0.489 e. The first-order valence-corrected chi connectivity index (χ1v) is 20.9. The lowest BCUT2D eigenvalue weighted by Crippen LogP contribution is -2.39. The number of nitrogens with zero attached hydrogens (tertiary/aromatic N) is 2. The highest BCUT2D eigenvalue weighted by molar-refractivity contribution is 7.90. The van der Waals surface area contributed by atoms with Crippen molar-refractivity contribution in [1.82, 2.24) is 20.6 Å². The van der Waals surface area contributed by atoms with Gasteiger partial charge in [-0.2, -0.15) is 39.5 Å². The second kappa shape index (κ2) is 19.4. The summed E-state index contributed by atoms with van der Waals surface area (Å²) in [5, 5.41) is 17.6. The molecule has 0 bridgehead atoms. The van der Waals surface area contributed by atoms with Crippen LogP contribution in [0.1, 0.15) is 104 Å². The predicted molar refractivity (Wildman–Crippen MR) is 202 cm³/mol. The number of alkyl halides is 9. The lowest BCUT2D eigenvalue weighted by atomic mass is 9.80. The average Bonchev–Trinajstić information content (AvgIpc) is 3.14. The first-order valence-electron chi connectivity index (χ1n) is 18.9. The van der Waals surface area contributed by atoms with Gasteiger partial charge in [0.1, 0.15) is 12.6 Å². The van der Waals surface area contributed by atoms with E-state index in [2.05, 4.69) is 25.9 Å². The van der Waals surface area contributed by atoms with E-state index in [9.17, 15) is 57.5 Å². The van der Waals surface area contributed by atoms with Crippen LogP contribution in [0, 0.1) is 11.8 Å². The number of carbonyl (C=O) groups is 2. The number of hydrogen-bond acceptors (Lipinski definition) is 9. The number of hydrogen-bond donors (Lipinski definition) is 4. The Labute approximate surface area is 340 Å². The number of rotatable bonds is 17. The number of anilines is 1. The van der Waals surface area contributed by atoms with Gasteiger partial charge in [0, 0.05) is 31.2 Å². The van der Waals surface area contributed by atoms with Crippen molar-refractivity contribution in [2.24, 2.45) is 11.8 Å². The van der Waals surface area contributed by atoms with Crippen molar-refractivity contribution >= 4 is 27.7 Å². The molecule has 1 aliphatic carbocycles. The molecule has 3 atom stereocenters. The Morgan fingerprint density at radius 2 is 1.45 bits per heavy atom. The smallest absolute Gasteiger partial charge is 0.416 e. The summed E-state index contributed by atoms with van der Waals surface area (Å²) < 4.78 is 153. The monoisotopic (exact) mass is 883 g/mol. The van der Waals surface area contributed by atoms with E-state index in [0.717, 1.165) is 50.3 Å². The maximum Gasteiger partial charge on any atom is 0.416 e. The lowest BCUT2D eigenvalue weighted by molar-refractivity contribution is -0.143. The first-order chi connectivity index (χ1) is 27.7. The van der Waals surface area contributed by atoms with Gasteiger partial charge in [-0.05, 0) is 105 Å². The standard InChI is InChI=1S/C39H46F9N5O6S/c1-21(26-14-29(38(43,44)45)17-30(15-26)39(46,47)48)34-32(59-11-12-60(4,57)58)20-51-36(53-34)50-19-27-16-28(37(40,41)42)9-10-31(27)22(2)49-18-25-7-5-24(6-8-25)13-33(54)52-23(3)35(55)56/h9-10,14-17,20-25,49H,5-8,11-13,18-19H2,1-4H3,(H,52,54)(H,55,56)(H,50,51,53)/t21-,22?,23?,24?,25?/m0/s1. The number of ether oxygens (including phenoxy) is 1. The van der Waals surface area contributed by atoms with E-state index in [0.29, 0.717) is 24.2 Å². The van der Waals surface area contributed by atoms with Gasteiger partial charge in [0.2, 0.25) is 11.9 Å². The molecule has 1 aromatic heterocycles. The van der Waals surface area contributed by atoms with Crippen molar-refractivity contribution in [3.05, 3.63) is 81.7 Å². The second-order valence-corrected chi connectivity index (χ2v) is 17.4. The van der Waals surface area contributed by atoms with E-state index in [1.807, 2.05) is 0 Å². The van der Waals surface area contributed by atoms with Crippen LogP contribution in [-0.2, 0) is 44.5 Å². The van der Waals surface area contributed by atoms with E-state index >= 15 is 0 Å². The van der Waals surface area contributed by atoms with Crippen LogP contribution in [0.25, 0.3) is 0 Å². The molecule has 1 amide bonds. The summed E-state index contributed by atoms with van der Waals surface area (Å²) >= 11 is 0. The van der Waals surface area contributed by atoms with Gasteiger partial charge in [-0.3, -0.25) is 9.59 Å². The third-order valence-corrected chi connectivity index (χ3v) is 11.2. The van der Waals surface area contributed by atoms with Gasteiger partial charge in [0.15, 0.2) is 15.6 Å². The van der Waals surface area contributed by atoms with Gasteiger partial charge in [-0.25, -0.2) is 18.4 Å². The molecule has 1 fully saturated rings. The zero-order chi connectivity index (χ0) is 44.8.